The molecule has 0 radical (unpaired) electrons. The molecule has 2 heterocycles. The monoisotopic (exact) mass is 435 g/mol. The molecular weight excluding hydrogens is 417 g/mol. The topological polar surface area (TPSA) is 81.1 Å². The van der Waals surface area contributed by atoms with Gasteiger partial charge in [0.05, 0.1) is 10.4 Å². The largest absolute Gasteiger partial charge is 0.310 e. The average Bonchev–Trinajstić information content (AvgIpc) is 3.56. The van der Waals surface area contributed by atoms with Gasteiger partial charge in [0.2, 0.25) is 5.91 Å². The Labute approximate surface area is 178 Å². The minimum atomic E-state index is -3.92. The lowest BCUT2D eigenvalue weighted by atomic mass is 10.1. The maximum atomic E-state index is 14.0. The number of halogens is 1. The lowest BCUT2D eigenvalue weighted by Crippen LogP contribution is -2.14. The van der Waals surface area contributed by atoms with E-state index in [1.165, 1.54) is 30.5 Å². The summed E-state index contributed by atoms with van der Waals surface area (Å²) < 4.78 is 41.6. The van der Waals surface area contributed by atoms with Crippen molar-refractivity contribution in [2.24, 2.45) is 5.92 Å². The van der Waals surface area contributed by atoms with Crippen molar-refractivity contribution in [1.29, 1.82) is 0 Å². The highest BCUT2D eigenvalue weighted by Crippen LogP contribution is 2.34. The first-order valence-electron chi connectivity index (χ1n) is 9.82. The van der Waals surface area contributed by atoms with Crippen LogP contribution in [0, 0.1) is 11.7 Å². The van der Waals surface area contributed by atoms with Crippen LogP contribution in [-0.4, -0.2) is 23.3 Å². The zero-order chi connectivity index (χ0) is 21.6. The zero-order valence-corrected chi connectivity index (χ0v) is 17.1. The third-order valence-electron chi connectivity index (χ3n) is 5.31. The molecule has 8 heteroatoms. The molecule has 0 bridgehead atoms. The summed E-state index contributed by atoms with van der Waals surface area (Å²) >= 11 is 0. The van der Waals surface area contributed by atoms with Crippen molar-refractivity contribution < 1.29 is 17.6 Å². The molecule has 0 atom stereocenters. The summed E-state index contributed by atoms with van der Waals surface area (Å²) in [5.41, 5.74) is 1.50. The molecule has 1 amide bonds. The molecule has 1 N–H and O–H groups in total. The fourth-order valence-corrected chi connectivity index (χ4v) is 4.89. The highest BCUT2D eigenvalue weighted by Gasteiger charge is 2.29. The van der Waals surface area contributed by atoms with E-state index in [-0.39, 0.29) is 22.2 Å². The minimum Gasteiger partial charge on any atom is -0.310 e. The summed E-state index contributed by atoms with van der Waals surface area (Å²) in [5.74, 6) is -0.0657. The van der Waals surface area contributed by atoms with Crippen LogP contribution >= 0.6 is 0 Å². The molecule has 5 rings (SSSR count). The number of rotatable bonds is 5. The third-order valence-corrected chi connectivity index (χ3v) is 7.00. The number of hydrogen-bond donors (Lipinski definition) is 1. The summed E-state index contributed by atoms with van der Waals surface area (Å²) in [6.07, 6.45) is 4.85. The Kier molecular flexibility index (Phi) is 4.59. The average molecular weight is 435 g/mol. The Morgan fingerprint density at radius 3 is 2.52 bits per heavy atom. The van der Waals surface area contributed by atoms with Gasteiger partial charge < -0.3 is 5.32 Å². The molecule has 4 aromatic rings. The number of fused-ring (bicyclic) bond motifs is 1. The van der Waals surface area contributed by atoms with E-state index >= 15 is 0 Å². The SMILES string of the molecule is O=C(Nc1ccc(-c2cn(S(=O)(=O)c3ccccc3)c3cc(F)ccc23)cn1)C1CC1. The second-order valence-electron chi connectivity index (χ2n) is 7.51. The first-order chi connectivity index (χ1) is 14.9. The van der Waals surface area contributed by atoms with Crippen LogP contribution < -0.4 is 5.32 Å². The van der Waals surface area contributed by atoms with Gasteiger partial charge in [-0.15, -0.1) is 0 Å². The van der Waals surface area contributed by atoms with E-state index in [9.17, 15) is 17.6 Å². The van der Waals surface area contributed by atoms with E-state index in [4.69, 9.17) is 0 Å². The van der Waals surface area contributed by atoms with Gasteiger partial charge in [-0.25, -0.2) is 21.8 Å². The van der Waals surface area contributed by atoms with Crippen molar-refractivity contribution in [2.45, 2.75) is 17.7 Å². The van der Waals surface area contributed by atoms with Crippen molar-refractivity contribution >= 4 is 32.7 Å². The van der Waals surface area contributed by atoms with Crippen molar-refractivity contribution in [2.75, 3.05) is 5.32 Å². The minimum absolute atomic E-state index is 0.0405. The van der Waals surface area contributed by atoms with Gasteiger partial charge in [-0.3, -0.25) is 4.79 Å². The lowest BCUT2D eigenvalue weighted by Gasteiger charge is -2.07. The molecule has 0 saturated heterocycles. The fourth-order valence-electron chi connectivity index (χ4n) is 3.51. The van der Waals surface area contributed by atoms with Crippen molar-refractivity contribution in [3.05, 3.63) is 78.9 Å². The van der Waals surface area contributed by atoms with Gasteiger partial charge in [0.25, 0.3) is 10.0 Å². The van der Waals surface area contributed by atoms with Gasteiger partial charge in [0.1, 0.15) is 11.6 Å². The summed E-state index contributed by atoms with van der Waals surface area (Å²) in [4.78, 5) is 16.3. The molecule has 0 aliphatic heterocycles. The van der Waals surface area contributed by atoms with Crippen LogP contribution in [0.4, 0.5) is 10.2 Å². The van der Waals surface area contributed by atoms with Crippen LogP contribution in [0.3, 0.4) is 0 Å². The third kappa shape index (κ3) is 3.59. The number of carbonyl (C=O) groups excluding carboxylic acids is 1. The van der Waals surface area contributed by atoms with Gasteiger partial charge in [0.15, 0.2) is 0 Å². The predicted octanol–water partition coefficient (Wildman–Crippen LogP) is 4.43. The Morgan fingerprint density at radius 1 is 1.06 bits per heavy atom. The van der Waals surface area contributed by atoms with E-state index in [0.717, 1.165) is 16.8 Å². The molecular formula is C23H18FN3O3S. The molecule has 31 heavy (non-hydrogen) atoms. The molecule has 0 unspecified atom stereocenters. The van der Waals surface area contributed by atoms with E-state index in [0.29, 0.717) is 22.3 Å². The number of nitrogens with one attached hydrogen (secondary N) is 1. The molecule has 1 saturated carbocycles. The number of anilines is 1. The van der Waals surface area contributed by atoms with Gasteiger partial charge in [0, 0.05) is 34.8 Å². The van der Waals surface area contributed by atoms with Gasteiger partial charge >= 0.3 is 0 Å². The molecule has 1 aliphatic carbocycles. The highest BCUT2D eigenvalue weighted by molar-refractivity contribution is 7.90. The first kappa shape index (κ1) is 19.4. The van der Waals surface area contributed by atoms with E-state index in [1.807, 2.05) is 0 Å². The number of benzene rings is 2. The number of hydrogen-bond acceptors (Lipinski definition) is 4. The molecule has 2 aromatic carbocycles. The van der Waals surface area contributed by atoms with Crippen LogP contribution in [0.2, 0.25) is 0 Å². The summed E-state index contributed by atoms with van der Waals surface area (Å²) in [6.45, 7) is 0. The van der Waals surface area contributed by atoms with Gasteiger partial charge in [-0.05, 0) is 55.3 Å². The number of aromatic nitrogens is 2. The Hall–Kier alpha value is -3.52. The molecule has 0 spiro atoms. The second-order valence-corrected chi connectivity index (χ2v) is 9.33. The van der Waals surface area contributed by atoms with E-state index < -0.39 is 15.8 Å². The maximum Gasteiger partial charge on any atom is 0.268 e. The second kappa shape index (κ2) is 7.31. The van der Waals surface area contributed by atoms with Gasteiger partial charge in [-0.2, -0.15) is 0 Å². The normalized spacial score (nSPS) is 14.0. The predicted molar refractivity (Wildman–Crippen MR) is 116 cm³/mol. The molecule has 2 aromatic heterocycles. The molecule has 1 fully saturated rings. The van der Waals surface area contributed by atoms with Crippen LogP contribution in [0.25, 0.3) is 22.0 Å². The smallest absolute Gasteiger partial charge is 0.268 e. The van der Waals surface area contributed by atoms with Crippen LogP contribution in [0.15, 0.2) is 78.0 Å². The van der Waals surface area contributed by atoms with Crippen molar-refractivity contribution in [3.8, 4) is 11.1 Å². The molecule has 6 nitrogen and oxygen atoms in total. The Bertz CT molecular complexity index is 1390. The standard InChI is InChI=1S/C23H18FN3O3S/c24-17-9-10-19-20(16-8-11-22(25-13-16)26-23(28)15-6-7-15)14-27(21(19)12-17)31(29,30)18-4-2-1-3-5-18/h1-5,8-15H,6-7H2,(H,25,26,28). The first-order valence-corrected chi connectivity index (χ1v) is 11.3. The van der Waals surface area contributed by atoms with E-state index in [1.54, 1.807) is 42.6 Å². The van der Waals surface area contributed by atoms with Crippen molar-refractivity contribution in [3.63, 3.8) is 0 Å². The quantitative estimate of drug-likeness (QED) is 0.503. The van der Waals surface area contributed by atoms with Gasteiger partial charge in [-0.1, -0.05) is 18.2 Å². The summed E-state index contributed by atoms with van der Waals surface area (Å²) in [6, 6.07) is 15.5. The van der Waals surface area contributed by atoms with Crippen molar-refractivity contribution in [1.82, 2.24) is 8.96 Å². The van der Waals surface area contributed by atoms with Crippen LogP contribution in [0.5, 0.6) is 0 Å². The number of amides is 1. The number of pyridine rings is 1. The lowest BCUT2D eigenvalue weighted by molar-refractivity contribution is -0.117. The number of carbonyl (C=O) groups is 1. The molecule has 156 valence electrons. The summed E-state index contributed by atoms with van der Waals surface area (Å²) in [5, 5.41) is 3.36. The van der Waals surface area contributed by atoms with Crippen LogP contribution in [-0.2, 0) is 14.8 Å². The Balaban J connectivity index is 1.59. The Morgan fingerprint density at radius 2 is 1.84 bits per heavy atom. The van der Waals surface area contributed by atoms with Crippen LogP contribution in [0.1, 0.15) is 12.8 Å². The fraction of sp³-hybridized carbons (Fsp3) is 0.130. The summed E-state index contributed by atoms with van der Waals surface area (Å²) in [7, 11) is -3.92. The molecule has 1 aliphatic rings. The highest BCUT2D eigenvalue weighted by atomic mass is 32.2. The number of nitrogens with zero attached hydrogens (tertiary/aromatic N) is 2. The van der Waals surface area contributed by atoms with E-state index in [2.05, 4.69) is 10.3 Å². The zero-order valence-electron chi connectivity index (χ0n) is 16.3. The maximum absolute atomic E-state index is 14.0.